The van der Waals surface area contributed by atoms with Gasteiger partial charge in [0.15, 0.2) is 6.61 Å². The van der Waals surface area contributed by atoms with Crippen LogP contribution in [0.5, 0.6) is 0 Å². The third-order valence-corrected chi connectivity index (χ3v) is 3.50. The Kier molecular flexibility index (Phi) is 3.47. The van der Waals surface area contributed by atoms with E-state index in [0.29, 0.717) is 11.6 Å². The maximum Gasteiger partial charge on any atom is 0.339 e. The molecule has 0 aromatic carbocycles. The highest BCUT2D eigenvalue weighted by Crippen LogP contribution is 2.21. The van der Waals surface area contributed by atoms with Crippen molar-refractivity contribution in [3.8, 4) is 0 Å². The lowest BCUT2D eigenvalue weighted by Crippen LogP contribution is -2.30. The van der Waals surface area contributed by atoms with E-state index in [0.717, 1.165) is 22.6 Å². The van der Waals surface area contributed by atoms with Crippen molar-refractivity contribution in [3.05, 3.63) is 21.4 Å². The number of hydrogen-bond donors (Lipinski definition) is 1. The van der Waals surface area contributed by atoms with Gasteiger partial charge < -0.3 is 10.1 Å². The minimum atomic E-state index is -0.419. The van der Waals surface area contributed by atoms with E-state index in [2.05, 4.69) is 5.32 Å². The number of hydrogen-bond acceptors (Lipinski definition) is 4. The number of amides is 1. The van der Waals surface area contributed by atoms with Gasteiger partial charge in [0.05, 0.1) is 5.56 Å². The van der Waals surface area contributed by atoms with Gasteiger partial charge in [0.2, 0.25) is 0 Å². The summed E-state index contributed by atoms with van der Waals surface area (Å²) < 4.78 is 4.97. The number of esters is 1. The molecule has 0 spiro atoms. The van der Waals surface area contributed by atoms with Crippen LogP contribution in [0.25, 0.3) is 0 Å². The van der Waals surface area contributed by atoms with Crippen LogP contribution in [-0.2, 0) is 9.53 Å². The van der Waals surface area contributed by atoms with Crippen molar-refractivity contribution < 1.29 is 14.3 Å². The first-order valence-corrected chi connectivity index (χ1v) is 6.41. The van der Waals surface area contributed by atoms with Crippen LogP contribution >= 0.6 is 11.3 Å². The second-order valence-corrected chi connectivity index (χ2v) is 5.71. The fourth-order valence-electron chi connectivity index (χ4n) is 1.54. The zero-order valence-corrected chi connectivity index (χ0v) is 10.7. The first kappa shape index (κ1) is 12.1. The molecule has 0 saturated heterocycles. The molecule has 1 aliphatic carbocycles. The Morgan fingerprint density at radius 3 is 2.71 bits per heavy atom. The largest absolute Gasteiger partial charge is 0.452 e. The lowest BCUT2D eigenvalue weighted by molar-refractivity contribution is -0.124. The van der Waals surface area contributed by atoms with Crippen LogP contribution in [0.3, 0.4) is 0 Å². The molecule has 1 aromatic heterocycles. The normalized spacial score (nSPS) is 14.5. The van der Waals surface area contributed by atoms with Gasteiger partial charge in [-0.05, 0) is 32.8 Å². The summed E-state index contributed by atoms with van der Waals surface area (Å²) >= 11 is 1.55. The molecule has 1 heterocycles. The van der Waals surface area contributed by atoms with Crippen LogP contribution in [0.4, 0.5) is 0 Å². The van der Waals surface area contributed by atoms with E-state index in [-0.39, 0.29) is 12.5 Å². The summed E-state index contributed by atoms with van der Waals surface area (Å²) in [6, 6.07) is 2.09. The molecule has 92 valence electrons. The van der Waals surface area contributed by atoms with Gasteiger partial charge in [0.1, 0.15) is 0 Å². The molecule has 4 nitrogen and oxygen atoms in total. The summed E-state index contributed by atoms with van der Waals surface area (Å²) in [7, 11) is 0. The number of ether oxygens (including phenoxy) is 1. The summed E-state index contributed by atoms with van der Waals surface area (Å²) in [5.74, 6) is -0.636. The first-order valence-electron chi connectivity index (χ1n) is 5.60. The van der Waals surface area contributed by atoms with E-state index in [4.69, 9.17) is 4.74 Å². The first-order chi connectivity index (χ1) is 8.06. The minimum absolute atomic E-state index is 0.191. The van der Waals surface area contributed by atoms with Crippen LogP contribution in [0.1, 0.15) is 33.0 Å². The molecule has 17 heavy (non-hydrogen) atoms. The minimum Gasteiger partial charge on any atom is -0.452 e. The Morgan fingerprint density at radius 1 is 1.47 bits per heavy atom. The van der Waals surface area contributed by atoms with Crippen LogP contribution in [0.15, 0.2) is 6.07 Å². The lowest BCUT2D eigenvalue weighted by atomic mass is 10.2. The predicted molar refractivity (Wildman–Crippen MR) is 65.2 cm³/mol. The van der Waals surface area contributed by atoms with E-state index in [9.17, 15) is 9.59 Å². The third kappa shape index (κ3) is 3.30. The van der Waals surface area contributed by atoms with Crippen molar-refractivity contribution in [2.75, 3.05) is 6.61 Å². The fraction of sp³-hybridized carbons (Fsp3) is 0.500. The lowest BCUT2D eigenvalue weighted by Gasteiger charge is -2.04. The van der Waals surface area contributed by atoms with Crippen molar-refractivity contribution >= 4 is 23.2 Å². The highest BCUT2D eigenvalue weighted by Gasteiger charge is 2.24. The van der Waals surface area contributed by atoms with Crippen molar-refractivity contribution in [3.63, 3.8) is 0 Å². The molecule has 1 amide bonds. The molecule has 1 aliphatic rings. The van der Waals surface area contributed by atoms with Gasteiger partial charge in [-0.1, -0.05) is 0 Å². The average molecular weight is 253 g/mol. The van der Waals surface area contributed by atoms with Crippen molar-refractivity contribution in [2.24, 2.45) is 0 Å². The van der Waals surface area contributed by atoms with Crippen molar-refractivity contribution in [1.82, 2.24) is 5.32 Å². The summed E-state index contributed by atoms with van der Waals surface area (Å²) in [4.78, 5) is 25.0. The average Bonchev–Trinajstić information content (AvgIpc) is 3.00. The molecule has 1 aromatic rings. The molecular weight excluding hydrogens is 238 g/mol. The molecule has 1 saturated carbocycles. The Labute approximate surface area is 104 Å². The Bertz CT molecular complexity index is 449. The van der Waals surface area contributed by atoms with Crippen molar-refractivity contribution in [2.45, 2.75) is 32.7 Å². The molecule has 0 unspecified atom stereocenters. The number of nitrogens with one attached hydrogen (secondary N) is 1. The highest BCUT2D eigenvalue weighted by molar-refractivity contribution is 7.12. The number of thiophene rings is 1. The molecule has 0 atom stereocenters. The number of carbonyl (C=O) groups excluding carboxylic acids is 2. The van der Waals surface area contributed by atoms with E-state index in [1.165, 1.54) is 0 Å². The predicted octanol–water partition coefficient (Wildman–Crippen LogP) is 1.80. The molecule has 5 heteroatoms. The molecule has 0 aliphatic heterocycles. The Hall–Kier alpha value is -1.36. The standard InChI is InChI=1S/C12H15NO3S/c1-7-5-10(8(2)17-7)12(15)16-6-11(14)13-9-3-4-9/h5,9H,3-4,6H2,1-2H3,(H,13,14). The summed E-state index contributed by atoms with van der Waals surface area (Å²) in [6.07, 6.45) is 2.06. The second kappa shape index (κ2) is 4.87. The Balaban J connectivity index is 1.84. The highest BCUT2D eigenvalue weighted by atomic mass is 32.1. The maximum atomic E-state index is 11.7. The quantitative estimate of drug-likeness (QED) is 0.832. The molecule has 0 bridgehead atoms. The van der Waals surface area contributed by atoms with Crippen LogP contribution in [0, 0.1) is 13.8 Å². The van der Waals surface area contributed by atoms with E-state index in [1.54, 1.807) is 17.4 Å². The molecular formula is C12H15NO3S. The molecule has 2 rings (SSSR count). The van der Waals surface area contributed by atoms with Gasteiger partial charge in [0.25, 0.3) is 5.91 Å². The van der Waals surface area contributed by atoms with E-state index >= 15 is 0 Å². The van der Waals surface area contributed by atoms with E-state index in [1.807, 2.05) is 13.8 Å². The van der Waals surface area contributed by atoms with Gasteiger partial charge in [-0.25, -0.2) is 4.79 Å². The third-order valence-electron chi connectivity index (χ3n) is 2.54. The summed E-state index contributed by atoms with van der Waals surface area (Å²) in [6.45, 7) is 3.62. The molecule has 1 fully saturated rings. The fourth-order valence-corrected chi connectivity index (χ4v) is 2.45. The Morgan fingerprint density at radius 2 is 2.18 bits per heavy atom. The summed E-state index contributed by atoms with van der Waals surface area (Å²) in [5, 5.41) is 2.77. The zero-order valence-electron chi connectivity index (χ0n) is 9.91. The van der Waals surface area contributed by atoms with Gasteiger partial charge in [-0.3, -0.25) is 4.79 Å². The van der Waals surface area contributed by atoms with Crippen molar-refractivity contribution in [1.29, 1.82) is 0 Å². The van der Waals surface area contributed by atoms with Gasteiger partial charge in [0, 0.05) is 15.8 Å². The maximum absolute atomic E-state index is 11.7. The zero-order chi connectivity index (χ0) is 12.4. The van der Waals surface area contributed by atoms with E-state index < -0.39 is 5.97 Å². The monoisotopic (exact) mass is 253 g/mol. The smallest absolute Gasteiger partial charge is 0.339 e. The SMILES string of the molecule is Cc1cc(C(=O)OCC(=O)NC2CC2)c(C)s1. The van der Waals surface area contributed by atoms with Crippen LogP contribution in [-0.4, -0.2) is 24.5 Å². The number of aryl methyl sites for hydroxylation is 2. The van der Waals surface area contributed by atoms with Gasteiger partial charge in [-0.2, -0.15) is 0 Å². The topological polar surface area (TPSA) is 55.4 Å². The number of rotatable bonds is 4. The number of carbonyl (C=O) groups is 2. The molecule has 0 radical (unpaired) electrons. The van der Waals surface area contributed by atoms with Gasteiger partial charge in [-0.15, -0.1) is 11.3 Å². The second-order valence-electron chi connectivity index (χ2n) is 4.24. The van der Waals surface area contributed by atoms with Gasteiger partial charge >= 0.3 is 5.97 Å². The summed E-state index contributed by atoms with van der Waals surface area (Å²) in [5.41, 5.74) is 0.562. The van der Waals surface area contributed by atoms with Crippen LogP contribution in [0.2, 0.25) is 0 Å². The van der Waals surface area contributed by atoms with Crippen LogP contribution < -0.4 is 5.32 Å². The molecule has 1 N–H and O–H groups in total.